The minimum atomic E-state index is -1.32. The molecule has 0 radical (unpaired) electrons. The number of benzene rings is 1. The van der Waals surface area contributed by atoms with Gasteiger partial charge in [-0.1, -0.05) is 54.5 Å². The lowest BCUT2D eigenvalue weighted by molar-refractivity contribution is -0.149. The highest BCUT2D eigenvalue weighted by molar-refractivity contribution is 5.77. The number of hydrogen-bond acceptors (Lipinski definition) is 8. The van der Waals surface area contributed by atoms with E-state index in [0.717, 1.165) is 0 Å². The number of ether oxygens (including phenoxy) is 3. The second-order valence-corrected chi connectivity index (χ2v) is 10.0. The molecule has 0 bridgehead atoms. The molecule has 0 saturated heterocycles. The number of nitrogens with two attached hydrogens (primary N) is 1. The molecule has 1 aromatic rings. The van der Waals surface area contributed by atoms with Crippen molar-refractivity contribution < 1.29 is 38.5 Å². The summed E-state index contributed by atoms with van der Waals surface area (Å²) in [6.07, 6.45) is 0.315. The highest BCUT2D eigenvalue weighted by Crippen LogP contribution is 2.36. The van der Waals surface area contributed by atoms with Gasteiger partial charge >= 0.3 is 23.9 Å². The third-order valence-electron chi connectivity index (χ3n) is 5.20. The van der Waals surface area contributed by atoms with E-state index in [1.807, 2.05) is 27.7 Å². The molecule has 9 nitrogen and oxygen atoms in total. The lowest BCUT2D eigenvalue weighted by Crippen LogP contribution is -2.40. The van der Waals surface area contributed by atoms with Gasteiger partial charge in [0.2, 0.25) is 0 Å². The second kappa shape index (κ2) is 13.8. The second-order valence-electron chi connectivity index (χ2n) is 10.0. The van der Waals surface area contributed by atoms with Crippen molar-refractivity contribution in [2.24, 2.45) is 29.4 Å². The SMILES string of the molecule is CC(C)CC(=O)Oc1ccc(C(C(C)COC(=O)C(C)C)[C@H](N)C(=O)O)cc1OC(=O)CC(C)C. The molecule has 0 heterocycles. The number of hydrogen-bond donors (Lipinski definition) is 2. The molecule has 9 heteroatoms. The topological polar surface area (TPSA) is 142 Å². The standard InChI is InChI=1S/C26H39NO8/c1-14(2)10-21(28)34-19-9-8-18(12-20(19)35-22(29)11-15(3)4)23(24(27)25(30)31)17(7)13-33-26(32)16(5)6/h8-9,12,14-17,23-24H,10-11,13,27H2,1-7H3,(H,30,31)/t17?,23?,24-/m0/s1. The molecule has 3 N–H and O–H groups in total. The smallest absolute Gasteiger partial charge is 0.321 e. The van der Waals surface area contributed by atoms with E-state index in [-0.39, 0.29) is 48.7 Å². The number of carbonyl (C=O) groups is 4. The first-order chi connectivity index (χ1) is 16.2. The summed E-state index contributed by atoms with van der Waals surface area (Å²) in [5.74, 6) is -4.07. The van der Waals surface area contributed by atoms with Gasteiger partial charge in [0.1, 0.15) is 6.04 Å². The van der Waals surface area contributed by atoms with Crippen molar-refractivity contribution in [3.8, 4) is 11.5 Å². The molecule has 196 valence electrons. The van der Waals surface area contributed by atoms with Crippen LogP contribution >= 0.6 is 0 Å². The Morgan fingerprint density at radius 1 is 0.857 bits per heavy atom. The molecule has 0 aliphatic heterocycles. The van der Waals surface area contributed by atoms with Gasteiger partial charge in [-0.05, 0) is 35.4 Å². The van der Waals surface area contributed by atoms with E-state index in [0.29, 0.717) is 5.56 Å². The minimum Gasteiger partial charge on any atom is -0.480 e. The van der Waals surface area contributed by atoms with Crippen LogP contribution in [0.2, 0.25) is 0 Å². The zero-order valence-corrected chi connectivity index (χ0v) is 21.7. The molecule has 0 aromatic heterocycles. The summed E-state index contributed by atoms with van der Waals surface area (Å²) < 4.78 is 16.3. The Bertz CT molecular complexity index is 893. The van der Waals surface area contributed by atoms with Gasteiger partial charge in [-0.15, -0.1) is 0 Å². The van der Waals surface area contributed by atoms with Gasteiger partial charge in [-0.2, -0.15) is 0 Å². The maximum atomic E-state index is 12.4. The van der Waals surface area contributed by atoms with Gasteiger partial charge in [-0.25, -0.2) is 0 Å². The van der Waals surface area contributed by atoms with E-state index in [4.69, 9.17) is 19.9 Å². The molecular weight excluding hydrogens is 454 g/mol. The predicted octanol–water partition coefficient (Wildman–Crippen LogP) is 3.92. The number of rotatable bonds is 13. The average Bonchev–Trinajstić information content (AvgIpc) is 2.72. The molecule has 0 aliphatic rings. The summed E-state index contributed by atoms with van der Waals surface area (Å²) in [4.78, 5) is 48.4. The molecule has 0 aliphatic carbocycles. The summed E-state index contributed by atoms with van der Waals surface area (Å²) in [5.41, 5.74) is 6.47. The number of carboxylic acid groups (broad SMARTS) is 1. The molecule has 3 atom stereocenters. The van der Waals surface area contributed by atoms with Gasteiger partial charge in [0.05, 0.1) is 12.5 Å². The van der Waals surface area contributed by atoms with E-state index in [2.05, 4.69) is 0 Å². The first-order valence-electron chi connectivity index (χ1n) is 11.9. The highest BCUT2D eigenvalue weighted by atomic mass is 16.6. The van der Waals surface area contributed by atoms with Crippen LogP contribution in [0, 0.1) is 23.7 Å². The van der Waals surface area contributed by atoms with E-state index in [1.54, 1.807) is 26.8 Å². The van der Waals surface area contributed by atoms with E-state index in [9.17, 15) is 24.3 Å². The Balaban J connectivity index is 3.38. The Hall–Kier alpha value is -2.94. The van der Waals surface area contributed by atoms with Crippen LogP contribution in [0.5, 0.6) is 11.5 Å². The van der Waals surface area contributed by atoms with Crippen LogP contribution in [0.25, 0.3) is 0 Å². The summed E-state index contributed by atoms with van der Waals surface area (Å²) in [7, 11) is 0. The normalized spacial score (nSPS) is 13.9. The molecule has 0 saturated carbocycles. The van der Waals surface area contributed by atoms with Crippen LogP contribution in [-0.2, 0) is 23.9 Å². The van der Waals surface area contributed by atoms with Crippen molar-refractivity contribution in [1.82, 2.24) is 0 Å². The number of carbonyl (C=O) groups excluding carboxylic acids is 3. The lowest BCUT2D eigenvalue weighted by Gasteiger charge is -2.28. The van der Waals surface area contributed by atoms with Crippen LogP contribution in [0.15, 0.2) is 18.2 Å². The molecule has 0 spiro atoms. The minimum absolute atomic E-state index is 0.000722. The molecule has 1 aromatic carbocycles. The largest absolute Gasteiger partial charge is 0.480 e. The van der Waals surface area contributed by atoms with Crippen LogP contribution < -0.4 is 15.2 Å². The summed E-state index contributed by atoms with van der Waals surface area (Å²) >= 11 is 0. The molecular formula is C26H39NO8. The molecule has 2 unspecified atom stereocenters. The van der Waals surface area contributed by atoms with Gasteiger partial charge in [0.25, 0.3) is 0 Å². The fourth-order valence-electron chi connectivity index (χ4n) is 3.42. The molecule has 1 rings (SSSR count). The Morgan fingerprint density at radius 2 is 1.37 bits per heavy atom. The summed E-state index contributed by atoms with van der Waals surface area (Å²) in [6, 6.07) is 3.17. The van der Waals surface area contributed by atoms with Crippen molar-refractivity contribution in [2.45, 2.75) is 73.3 Å². The van der Waals surface area contributed by atoms with E-state index in [1.165, 1.54) is 12.1 Å². The van der Waals surface area contributed by atoms with Crippen molar-refractivity contribution in [1.29, 1.82) is 0 Å². The van der Waals surface area contributed by atoms with Crippen molar-refractivity contribution >= 4 is 23.9 Å². The van der Waals surface area contributed by atoms with Crippen LogP contribution in [-0.4, -0.2) is 41.6 Å². The molecule has 0 fully saturated rings. The van der Waals surface area contributed by atoms with Gasteiger partial charge in [-0.3, -0.25) is 19.2 Å². The Kier molecular flexibility index (Phi) is 11.9. The Morgan fingerprint density at radius 3 is 1.83 bits per heavy atom. The fraction of sp³-hybridized carbons (Fsp3) is 0.615. The number of esters is 3. The van der Waals surface area contributed by atoms with Crippen LogP contribution in [0.1, 0.15) is 72.8 Å². The molecule has 0 amide bonds. The van der Waals surface area contributed by atoms with E-state index < -0.39 is 41.8 Å². The third-order valence-corrected chi connectivity index (χ3v) is 5.20. The van der Waals surface area contributed by atoms with Crippen molar-refractivity contribution in [3.63, 3.8) is 0 Å². The lowest BCUT2D eigenvalue weighted by atomic mass is 9.82. The fourth-order valence-corrected chi connectivity index (χ4v) is 3.42. The van der Waals surface area contributed by atoms with Gasteiger partial charge < -0.3 is 25.1 Å². The maximum Gasteiger partial charge on any atom is 0.321 e. The van der Waals surface area contributed by atoms with Gasteiger partial charge in [0, 0.05) is 18.8 Å². The third kappa shape index (κ3) is 10.1. The predicted molar refractivity (Wildman–Crippen MR) is 130 cm³/mol. The number of carboxylic acids is 1. The van der Waals surface area contributed by atoms with Crippen LogP contribution in [0.4, 0.5) is 0 Å². The van der Waals surface area contributed by atoms with Crippen LogP contribution in [0.3, 0.4) is 0 Å². The van der Waals surface area contributed by atoms with Crippen molar-refractivity contribution in [3.05, 3.63) is 23.8 Å². The summed E-state index contributed by atoms with van der Waals surface area (Å²) in [6.45, 7) is 12.6. The maximum absolute atomic E-state index is 12.4. The van der Waals surface area contributed by atoms with E-state index >= 15 is 0 Å². The van der Waals surface area contributed by atoms with Gasteiger partial charge in [0.15, 0.2) is 11.5 Å². The Labute approximate surface area is 207 Å². The number of aliphatic carboxylic acids is 1. The average molecular weight is 494 g/mol. The monoisotopic (exact) mass is 493 g/mol. The first-order valence-corrected chi connectivity index (χ1v) is 11.9. The quantitative estimate of drug-likeness (QED) is 0.309. The molecule has 35 heavy (non-hydrogen) atoms. The first kappa shape index (κ1) is 30.1. The zero-order chi connectivity index (χ0) is 26.9. The zero-order valence-electron chi connectivity index (χ0n) is 21.7. The highest BCUT2D eigenvalue weighted by Gasteiger charge is 2.33. The van der Waals surface area contributed by atoms with Crippen molar-refractivity contribution in [2.75, 3.05) is 6.61 Å². The summed E-state index contributed by atoms with van der Waals surface area (Å²) in [5, 5.41) is 9.61.